The first kappa shape index (κ1) is 15.5. The molecular formula is C16H25NO2. The molecule has 0 aliphatic heterocycles. The Morgan fingerprint density at radius 2 is 1.63 bits per heavy atom. The lowest BCUT2D eigenvalue weighted by molar-refractivity contribution is -0.153. The van der Waals surface area contributed by atoms with Crippen LogP contribution in [0.1, 0.15) is 40.2 Å². The van der Waals surface area contributed by atoms with Crippen molar-refractivity contribution in [1.82, 2.24) is 0 Å². The molecule has 0 saturated carbocycles. The summed E-state index contributed by atoms with van der Waals surface area (Å²) >= 11 is 0. The molecule has 0 heterocycles. The lowest BCUT2D eigenvalue weighted by Crippen LogP contribution is -2.25. The van der Waals surface area contributed by atoms with Gasteiger partial charge in [-0.25, -0.2) is 0 Å². The molecule has 0 bridgehead atoms. The van der Waals surface area contributed by atoms with E-state index in [1.807, 2.05) is 32.9 Å². The second-order valence-corrected chi connectivity index (χ2v) is 5.60. The van der Waals surface area contributed by atoms with E-state index in [1.165, 1.54) is 5.69 Å². The number of carbonyl (C=O) groups excluding carboxylic acids is 1. The van der Waals surface area contributed by atoms with E-state index >= 15 is 0 Å². The number of nitrogens with zero attached hydrogens (tertiary/aromatic N) is 1. The van der Waals surface area contributed by atoms with Crippen LogP contribution in [0, 0.1) is 0 Å². The van der Waals surface area contributed by atoms with Crippen LogP contribution >= 0.6 is 0 Å². The highest BCUT2D eigenvalue weighted by Gasteiger charge is 2.16. The van der Waals surface area contributed by atoms with E-state index in [0.29, 0.717) is 6.42 Å². The molecule has 3 heteroatoms. The Balaban J connectivity index is 2.64. The number of carbonyl (C=O) groups is 1. The molecule has 0 spiro atoms. The number of hydrogen-bond donors (Lipinski definition) is 0. The molecule has 0 atom stereocenters. The van der Waals surface area contributed by atoms with Crippen LogP contribution in [-0.2, 0) is 16.0 Å². The molecule has 1 rings (SSSR count). The van der Waals surface area contributed by atoms with Crippen LogP contribution in [0.15, 0.2) is 24.3 Å². The van der Waals surface area contributed by atoms with Crippen LogP contribution < -0.4 is 4.90 Å². The van der Waals surface area contributed by atoms with Crippen LogP contribution in [-0.4, -0.2) is 24.7 Å². The van der Waals surface area contributed by atoms with Gasteiger partial charge < -0.3 is 9.64 Å². The van der Waals surface area contributed by atoms with Gasteiger partial charge in [-0.2, -0.15) is 0 Å². The van der Waals surface area contributed by atoms with Crippen molar-refractivity contribution in [3.05, 3.63) is 29.8 Å². The molecule has 1 aromatic carbocycles. The summed E-state index contributed by atoms with van der Waals surface area (Å²) in [5, 5.41) is 0. The molecule has 0 radical (unpaired) electrons. The van der Waals surface area contributed by atoms with Gasteiger partial charge in [0.05, 0.1) is 6.42 Å². The Labute approximate surface area is 116 Å². The van der Waals surface area contributed by atoms with Gasteiger partial charge in [0.25, 0.3) is 0 Å². The van der Waals surface area contributed by atoms with Gasteiger partial charge in [-0.15, -0.1) is 0 Å². The fourth-order valence-electron chi connectivity index (χ4n) is 1.96. The highest BCUT2D eigenvalue weighted by molar-refractivity contribution is 5.73. The van der Waals surface area contributed by atoms with Crippen molar-refractivity contribution in [3.63, 3.8) is 0 Å². The van der Waals surface area contributed by atoms with Crippen LogP contribution in [0.5, 0.6) is 0 Å². The first-order valence-corrected chi connectivity index (χ1v) is 6.91. The number of esters is 1. The molecule has 0 aromatic heterocycles. The summed E-state index contributed by atoms with van der Waals surface area (Å²) in [5.74, 6) is -0.178. The maximum absolute atomic E-state index is 11.7. The minimum absolute atomic E-state index is 0.178. The predicted molar refractivity (Wildman–Crippen MR) is 79.6 cm³/mol. The predicted octanol–water partition coefficient (Wildman–Crippen LogP) is 3.42. The third-order valence-electron chi connectivity index (χ3n) is 2.83. The molecular weight excluding hydrogens is 238 g/mol. The maximum atomic E-state index is 11.7. The molecule has 3 nitrogen and oxygen atoms in total. The van der Waals surface area contributed by atoms with Crippen molar-refractivity contribution in [2.75, 3.05) is 18.0 Å². The van der Waals surface area contributed by atoms with Crippen molar-refractivity contribution < 1.29 is 9.53 Å². The third-order valence-corrected chi connectivity index (χ3v) is 2.83. The lowest BCUT2D eigenvalue weighted by atomic mass is 10.1. The van der Waals surface area contributed by atoms with Gasteiger partial charge in [0.15, 0.2) is 0 Å². The largest absolute Gasteiger partial charge is 0.460 e. The van der Waals surface area contributed by atoms with Crippen molar-refractivity contribution in [3.8, 4) is 0 Å². The average molecular weight is 263 g/mol. The first-order chi connectivity index (χ1) is 8.85. The Kier molecular flexibility index (Phi) is 5.40. The number of ether oxygens (including phenoxy) is 1. The highest BCUT2D eigenvalue weighted by Crippen LogP contribution is 2.16. The van der Waals surface area contributed by atoms with E-state index in [4.69, 9.17) is 4.74 Å². The average Bonchev–Trinajstić information content (AvgIpc) is 2.30. The van der Waals surface area contributed by atoms with E-state index < -0.39 is 5.60 Å². The summed E-state index contributed by atoms with van der Waals surface area (Å²) in [7, 11) is 0. The Bertz CT molecular complexity index is 400. The van der Waals surface area contributed by atoms with Gasteiger partial charge in [-0.3, -0.25) is 4.79 Å². The summed E-state index contributed by atoms with van der Waals surface area (Å²) in [5.41, 5.74) is 1.77. The molecule has 0 fully saturated rings. The molecule has 0 amide bonds. The first-order valence-electron chi connectivity index (χ1n) is 6.91. The quantitative estimate of drug-likeness (QED) is 0.762. The summed E-state index contributed by atoms with van der Waals surface area (Å²) in [6.07, 6.45) is 0.329. The molecule has 1 aromatic rings. The number of anilines is 1. The number of benzene rings is 1. The Hall–Kier alpha value is -1.51. The van der Waals surface area contributed by atoms with Crippen LogP contribution in [0.2, 0.25) is 0 Å². The zero-order chi connectivity index (χ0) is 14.5. The Morgan fingerprint density at radius 1 is 1.11 bits per heavy atom. The van der Waals surface area contributed by atoms with Gasteiger partial charge in [0, 0.05) is 18.8 Å². The molecule has 0 unspecified atom stereocenters. The second-order valence-electron chi connectivity index (χ2n) is 5.60. The third kappa shape index (κ3) is 5.33. The minimum atomic E-state index is -0.418. The fraction of sp³-hybridized carbons (Fsp3) is 0.562. The number of hydrogen-bond acceptors (Lipinski definition) is 3. The van der Waals surface area contributed by atoms with Crippen molar-refractivity contribution >= 4 is 11.7 Å². The topological polar surface area (TPSA) is 29.5 Å². The molecule has 106 valence electrons. The fourth-order valence-corrected chi connectivity index (χ4v) is 1.96. The SMILES string of the molecule is CCN(CC)c1ccc(CC(=O)OC(C)(C)C)cc1. The Morgan fingerprint density at radius 3 is 2.05 bits per heavy atom. The monoisotopic (exact) mass is 263 g/mol. The molecule has 0 saturated heterocycles. The van der Waals surface area contributed by atoms with Crippen molar-refractivity contribution in [1.29, 1.82) is 0 Å². The molecule has 0 N–H and O–H groups in total. The minimum Gasteiger partial charge on any atom is -0.460 e. The van der Waals surface area contributed by atoms with Crippen LogP contribution in [0.4, 0.5) is 5.69 Å². The van der Waals surface area contributed by atoms with Gasteiger partial charge in [-0.05, 0) is 52.3 Å². The summed E-state index contributed by atoms with van der Waals surface area (Å²) in [4.78, 5) is 14.0. The van der Waals surface area contributed by atoms with E-state index in [9.17, 15) is 4.79 Å². The smallest absolute Gasteiger partial charge is 0.310 e. The van der Waals surface area contributed by atoms with Gasteiger partial charge in [0.1, 0.15) is 5.60 Å². The van der Waals surface area contributed by atoms with E-state index in [-0.39, 0.29) is 5.97 Å². The van der Waals surface area contributed by atoms with E-state index in [2.05, 4.69) is 30.9 Å². The van der Waals surface area contributed by atoms with E-state index in [1.54, 1.807) is 0 Å². The second kappa shape index (κ2) is 6.60. The zero-order valence-corrected chi connectivity index (χ0v) is 12.7. The standard InChI is InChI=1S/C16H25NO2/c1-6-17(7-2)14-10-8-13(9-11-14)12-15(18)19-16(3,4)5/h8-11H,6-7,12H2,1-5H3. The molecule has 0 aliphatic carbocycles. The zero-order valence-electron chi connectivity index (χ0n) is 12.7. The summed E-state index contributed by atoms with van der Waals surface area (Å²) < 4.78 is 5.31. The summed E-state index contributed by atoms with van der Waals surface area (Å²) in [6, 6.07) is 8.12. The lowest BCUT2D eigenvalue weighted by Gasteiger charge is -2.21. The van der Waals surface area contributed by atoms with Crippen molar-refractivity contribution in [2.24, 2.45) is 0 Å². The maximum Gasteiger partial charge on any atom is 0.310 e. The van der Waals surface area contributed by atoms with Crippen LogP contribution in [0.25, 0.3) is 0 Å². The number of rotatable bonds is 5. The summed E-state index contributed by atoms with van der Waals surface area (Å²) in [6.45, 7) is 11.9. The van der Waals surface area contributed by atoms with Gasteiger partial charge in [-0.1, -0.05) is 12.1 Å². The van der Waals surface area contributed by atoms with Gasteiger partial charge >= 0.3 is 5.97 Å². The van der Waals surface area contributed by atoms with Crippen LogP contribution in [0.3, 0.4) is 0 Å². The highest BCUT2D eigenvalue weighted by atomic mass is 16.6. The molecule has 19 heavy (non-hydrogen) atoms. The molecule has 0 aliphatic rings. The normalized spacial score (nSPS) is 11.2. The van der Waals surface area contributed by atoms with Crippen molar-refractivity contribution in [2.45, 2.75) is 46.6 Å². The van der Waals surface area contributed by atoms with Gasteiger partial charge in [0.2, 0.25) is 0 Å². The van der Waals surface area contributed by atoms with E-state index in [0.717, 1.165) is 18.7 Å².